The van der Waals surface area contributed by atoms with Gasteiger partial charge in [-0.25, -0.2) is 0 Å². The fourth-order valence-electron chi connectivity index (χ4n) is 0.977. The first-order chi connectivity index (χ1) is 6.66. The first kappa shape index (κ1) is 12.9. The Morgan fingerprint density at radius 1 is 1.29 bits per heavy atom. The molecule has 3 nitrogen and oxygen atoms in total. The number of hydrogen-bond donors (Lipinski definition) is 2. The number of hydrogen-bond acceptors (Lipinski definition) is 2. The van der Waals surface area contributed by atoms with E-state index in [0.717, 1.165) is 19.3 Å². The Hall–Kier alpha value is -1.09. The Bertz CT molecular complexity index is 207. The number of unbranched alkanes of at least 4 members (excludes halogenated alkanes) is 1. The van der Waals surface area contributed by atoms with E-state index in [1.165, 1.54) is 6.08 Å². The fraction of sp³-hybridized carbons (Fsp3) is 0.545. The number of carbonyl (C=O) groups is 1. The zero-order chi connectivity index (χ0) is 10.8. The molecule has 0 spiro atoms. The van der Waals surface area contributed by atoms with E-state index in [0.29, 0.717) is 0 Å². The van der Waals surface area contributed by atoms with Gasteiger partial charge in [-0.1, -0.05) is 31.2 Å². The highest BCUT2D eigenvalue weighted by atomic mass is 16.4. The molecule has 14 heavy (non-hydrogen) atoms. The van der Waals surface area contributed by atoms with Gasteiger partial charge in [-0.15, -0.1) is 0 Å². The number of carboxylic acid groups (broad SMARTS) is 1. The first-order valence-corrected chi connectivity index (χ1v) is 4.88. The molecule has 3 heteroatoms. The lowest BCUT2D eigenvalue weighted by Gasteiger charge is -1.99. The highest BCUT2D eigenvalue weighted by Crippen LogP contribution is 1.98. The average molecular weight is 198 g/mol. The van der Waals surface area contributed by atoms with Crippen LogP contribution in [0.5, 0.6) is 0 Å². The van der Waals surface area contributed by atoms with Crippen molar-refractivity contribution < 1.29 is 15.0 Å². The molecule has 1 unspecified atom stereocenters. The van der Waals surface area contributed by atoms with E-state index in [1.807, 2.05) is 6.08 Å². The minimum absolute atomic E-state index is 0.221. The maximum atomic E-state index is 10.2. The minimum atomic E-state index is -0.979. The Labute approximate surface area is 84.8 Å². The second-order valence-electron chi connectivity index (χ2n) is 3.05. The van der Waals surface area contributed by atoms with Gasteiger partial charge in [-0.05, 0) is 19.3 Å². The normalized spacial score (nSPS) is 13.9. The molecule has 0 aliphatic heterocycles. The lowest BCUT2D eigenvalue weighted by Crippen LogP contribution is -2.09. The van der Waals surface area contributed by atoms with Crippen molar-refractivity contribution in [1.29, 1.82) is 0 Å². The van der Waals surface area contributed by atoms with Gasteiger partial charge >= 0.3 is 5.97 Å². The van der Waals surface area contributed by atoms with Gasteiger partial charge < -0.3 is 10.2 Å². The summed E-state index contributed by atoms with van der Waals surface area (Å²) < 4.78 is 0. The SMILES string of the molecule is CCC=CCCC=CC(O)CC(=O)O. The van der Waals surface area contributed by atoms with Crippen molar-refractivity contribution in [1.82, 2.24) is 0 Å². The summed E-state index contributed by atoms with van der Waals surface area (Å²) in [4.78, 5) is 10.2. The third kappa shape index (κ3) is 9.00. The highest BCUT2D eigenvalue weighted by Gasteiger charge is 2.03. The number of aliphatic hydroxyl groups is 1. The lowest BCUT2D eigenvalue weighted by molar-refractivity contribution is -0.138. The molecular weight excluding hydrogens is 180 g/mol. The van der Waals surface area contributed by atoms with Crippen LogP contribution < -0.4 is 0 Å². The van der Waals surface area contributed by atoms with Crippen molar-refractivity contribution in [3.8, 4) is 0 Å². The van der Waals surface area contributed by atoms with Gasteiger partial charge in [0.2, 0.25) is 0 Å². The summed E-state index contributed by atoms with van der Waals surface area (Å²) in [6.45, 7) is 2.07. The van der Waals surface area contributed by atoms with Crippen LogP contribution in [0.3, 0.4) is 0 Å². The summed E-state index contributed by atoms with van der Waals surface area (Å²) in [5, 5.41) is 17.5. The minimum Gasteiger partial charge on any atom is -0.481 e. The van der Waals surface area contributed by atoms with Crippen LogP contribution in [-0.2, 0) is 4.79 Å². The van der Waals surface area contributed by atoms with Crippen LogP contribution in [0.4, 0.5) is 0 Å². The molecule has 0 bridgehead atoms. The average Bonchev–Trinajstić information content (AvgIpc) is 2.10. The summed E-state index contributed by atoms with van der Waals surface area (Å²) in [6.07, 6.45) is 9.24. The van der Waals surface area contributed by atoms with Crippen molar-refractivity contribution in [2.45, 2.75) is 38.7 Å². The highest BCUT2D eigenvalue weighted by molar-refractivity contribution is 5.67. The third-order valence-corrected chi connectivity index (χ3v) is 1.64. The third-order valence-electron chi connectivity index (χ3n) is 1.64. The van der Waals surface area contributed by atoms with Crippen LogP contribution in [0.1, 0.15) is 32.6 Å². The predicted octanol–water partition coefficient (Wildman–Crippen LogP) is 2.12. The quantitative estimate of drug-likeness (QED) is 0.486. The summed E-state index contributed by atoms with van der Waals surface area (Å²) >= 11 is 0. The van der Waals surface area contributed by atoms with Gasteiger partial charge in [0.1, 0.15) is 0 Å². The van der Waals surface area contributed by atoms with Crippen molar-refractivity contribution in [3.63, 3.8) is 0 Å². The Morgan fingerprint density at radius 3 is 2.50 bits per heavy atom. The molecule has 0 aliphatic rings. The van der Waals surface area contributed by atoms with E-state index in [4.69, 9.17) is 10.2 Å². The van der Waals surface area contributed by atoms with Crippen molar-refractivity contribution >= 4 is 5.97 Å². The van der Waals surface area contributed by atoms with E-state index in [2.05, 4.69) is 19.1 Å². The molecule has 0 saturated heterocycles. The van der Waals surface area contributed by atoms with Gasteiger partial charge in [0, 0.05) is 0 Å². The van der Waals surface area contributed by atoms with Crippen molar-refractivity contribution in [2.75, 3.05) is 0 Å². The molecule has 0 heterocycles. The van der Waals surface area contributed by atoms with Crippen LogP contribution in [-0.4, -0.2) is 22.3 Å². The molecule has 0 radical (unpaired) electrons. The molecule has 0 rings (SSSR count). The second kappa shape index (κ2) is 8.51. The van der Waals surface area contributed by atoms with E-state index < -0.39 is 12.1 Å². The number of rotatable bonds is 7. The number of aliphatic carboxylic acids is 1. The van der Waals surface area contributed by atoms with Gasteiger partial charge in [-0.2, -0.15) is 0 Å². The maximum absolute atomic E-state index is 10.2. The molecule has 0 saturated carbocycles. The Kier molecular flexibility index (Phi) is 7.84. The van der Waals surface area contributed by atoms with Crippen molar-refractivity contribution in [2.24, 2.45) is 0 Å². The largest absolute Gasteiger partial charge is 0.481 e. The van der Waals surface area contributed by atoms with E-state index >= 15 is 0 Å². The van der Waals surface area contributed by atoms with Crippen LogP contribution in [0.25, 0.3) is 0 Å². The molecule has 0 amide bonds. The van der Waals surface area contributed by atoms with E-state index in [1.54, 1.807) is 0 Å². The summed E-state index contributed by atoms with van der Waals surface area (Å²) in [5.41, 5.74) is 0. The summed E-state index contributed by atoms with van der Waals surface area (Å²) in [6, 6.07) is 0. The molecule has 2 N–H and O–H groups in total. The monoisotopic (exact) mass is 198 g/mol. The lowest BCUT2D eigenvalue weighted by atomic mass is 10.2. The zero-order valence-corrected chi connectivity index (χ0v) is 8.52. The molecule has 0 aromatic rings. The smallest absolute Gasteiger partial charge is 0.306 e. The van der Waals surface area contributed by atoms with E-state index in [9.17, 15) is 4.79 Å². The molecular formula is C11H18O3. The Morgan fingerprint density at radius 2 is 1.93 bits per heavy atom. The topological polar surface area (TPSA) is 57.5 Å². The first-order valence-electron chi connectivity index (χ1n) is 4.88. The van der Waals surface area contributed by atoms with Crippen LogP contribution >= 0.6 is 0 Å². The molecule has 0 fully saturated rings. The van der Waals surface area contributed by atoms with Crippen molar-refractivity contribution in [3.05, 3.63) is 24.3 Å². The number of aliphatic hydroxyl groups excluding tert-OH is 1. The summed E-state index contributed by atoms with van der Waals surface area (Å²) in [5.74, 6) is -0.979. The maximum Gasteiger partial charge on any atom is 0.306 e. The van der Waals surface area contributed by atoms with Gasteiger partial charge in [0.05, 0.1) is 12.5 Å². The molecule has 1 atom stereocenters. The molecule has 0 aliphatic carbocycles. The molecule has 0 aromatic heterocycles. The van der Waals surface area contributed by atoms with E-state index in [-0.39, 0.29) is 6.42 Å². The zero-order valence-electron chi connectivity index (χ0n) is 8.52. The van der Waals surface area contributed by atoms with Gasteiger partial charge in [-0.3, -0.25) is 4.79 Å². The van der Waals surface area contributed by atoms with Crippen LogP contribution in [0.2, 0.25) is 0 Å². The van der Waals surface area contributed by atoms with Gasteiger partial charge in [0.25, 0.3) is 0 Å². The van der Waals surface area contributed by atoms with Crippen LogP contribution in [0.15, 0.2) is 24.3 Å². The standard InChI is InChI=1S/C11H18O3/c1-2-3-4-5-6-7-8-10(12)9-11(13)14/h3-4,7-8,10,12H,2,5-6,9H2,1H3,(H,13,14). The molecule has 80 valence electrons. The Balaban J connectivity index is 3.51. The second-order valence-corrected chi connectivity index (χ2v) is 3.05. The number of allylic oxidation sites excluding steroid dienone is 3. The predicted molar refractivity (Wildman–Crippen MR) is 56.1 cm³/mol. The van der Waals surface area contributed by atoms with Gasteiger partial charge in [0.15, 0.2) is 0 Å². The summed E-state index contributed by atoms with van der Waals surface area (Å²) in [7, 11) is 0. The fourth-order valence-corrected chi connectivity index (χ4v) is 0.977. The number of carboxylic acids is 1. The van der Waals surface area contributed by atoms with Crippen LogP contribution in [0, 0.1) is 0 Å². The molecule has 0 aromatic carbocycles.